The van der Waals surface area contributed by atoms with Gasteiger partial charge in [-0.1, -0.05) is 29.8 Å². The summed E-state index contributed by atoms with van der Waals surface area (Å²) in [6.07, 6.45) is 0. The molecule has 26 heavy (non-hydrogen) atoms. The van der Waals surface area contributed by atoms with Crippen LogP contribution in [0.1, 0.15) is 20.9 Å². The van der Waals surface area contributed by atoms with E-state index in [-0.39, 0.29) is 18.3 Å². The Morgan fingerprint density at radius 3 is 2.77 bits per heavy atom. The third kappa shape index (κ3) is 3.60. The number of aromatic nitrogens is 2. The van der Waals surface area contributed by atoms with Gasteiger partial charge in [-0.15, -0.1) is 23.7 Å². The molecular weight excluding hydrogens is 391 g/mol. The summed E-state index contributed by atoms with van der Waals surface area (Å²) in [5.41, 5.74) is 1.97. The summed E-state index contributed by atoms with van der Waals surface area (Å²) in [7, 11) is 0. The highest BCUT2D eigenvalue weighted by molar-refractivity contribution is 7.20. The van der Waals surface area contributed by atoms with Crippen molar-refractivity contribution in [3.63, 3.8) is 0 Å². The first-order valence-corrected chi connectivity index (χ1v) is 9.53. The topological polar surface area (TPSA) is 50.2 Å². The molecule has 1 saturated heterocycles. The Labute approximate surface area is 167 Å². The maximum atomic E-state index is 12.8. The summed E-state index contributed by atoms with van der Waals surface area (Å²) in [6.45, 7) is 5.82. The highest BCUT2D eigenvalue weighted by Crippen LogP contribution is 2.30. The Kier molecular flexibility index (Phi) is 5.87. The second-order valence-corrected chi connectivity index (χ2v) is 7.64. The lowest BCUT2D eigenvalue weighted by Crippen LogP contribution is -2.46. The number of nitrogens with zero attached hydrogens (tertiary/aromatic N) is 3. The number of thiophene rings is 1. The van der Waals surface area contributed by atoms with E-state index in [0.29, 0.717) is 6.54 Å². The highest BCUT2D eigenvalue weighted by Gasteiger charge is 2.22. The number of nitrogens with one attached hydrogen (secondary N) is 1. The Morgan fingerprint density at radius 2 is 2.04 bits per heavy atom. The maximum absolute atomic E-state index is 12.8. The summed E-state index contributed by atoms with van der Waals surface area (Å²) >= 11 is 7.80. The zero-order valence-electron chi connectivity index (χ0n) is 14.4. The van der Waals surface area contributed by atoms with Gasteiger partial charge in [0.05, 0.1) is 17.1 Å². The summed E-state index contributed by atoms with van der Waals surface area (Å²) in [6, 6.07) is 9.77. The highest BCUT2D eigenvalue weighted by atomic mass is 35.5. The van der Waals surface area contributed by atoms with E-state index in [0.717, 1.165) is 57.6 Å². The summed E-state index contributed by atoms with van der Waals surface area (Å²) in [5, 5.41) is 9.69. The van der Waals surface area contributed by atoms with Crippen molar-refractivity contribution in [1.82, 2.24) is 20.0 Å². The van der Waals surface area contributed by atoms with E-state index in [9.17, 15) is 4.79 Å². The lowest BCUT2D eigenvalue weighted by atomic mass is 10.2. The average Bonchev–Trinajstić information content (AvgIpc) is 3.19. The molecule has 0 atom stereocenters. The number of amides is 1. The van der Waals surface area contributed by atoms with E-state index in [1.807, 2.05) is 46.8 Å². The molecule has 138 valence electrons. The second kappa shape index (κ2) is 7.96. The normalized spacial score (nSPS) is 14.5. The third-order valence-corrected chi connectivity index (χ3v) is 6.01. The fourth-order valence-electron chi connectivity index (χ4n) is 3.14. The van der Waals surface area contributed by atoms with Crippen LogP contribution in [0.25, 0.3) is 10.2 Å². The molecule has 3 aromatic rings. The molecule has 3 heterocycles. The number of carbonyl (C=O) groups is 1. The number of hydrogen-bond donors (Lipinski definition) is 1. The van der Waals surface area contributed by atoms with E-state index < -0.39 is 0 Å². The van der Waals surface area contributed by atoms with Crippen molar-refractivity contribution in [3.05, 3.63) is 51.5 Å². The van der Waals surface area contributed by atoms with E-state index >= 15 is 0 Å². The Morgan fingerprint density at radius 1 is 1.31 bits per heavy atom. The molecule has 0 spiro atoms. The molecule has 1 fully saturated rings. The van der Waals surface area contributed by atoms with Gasteiger partial charge >= 0.3 is 0 Å². The molecule has 8 heteroatoms. The molecule has 2 aromatic heterocycles. The molecule has 1 aliphatic heterocycles. The maximum Gasteiger partial charge on any atom is 0.264 e. The molecule has 5 nitrogen and oxygen atoms in total. The van der Waals surface area contributed by atoms with Crippen molar-refractivity contribution < 1.29 is 4.79 Å². The zero-order valence-corrected chi connectivity index (χ0v) is 16.8. The van der Waals surface area contributed by atoms with Crippen molar-refractivity contribution in [3.8, 4) is 0 Å². The quantitative estimate of drug-likeness (QED) is 0.717. The number of halogens is 2. The smallest absolute Gasteiger partial charge is 0.264 e. The van der Waals surface area contributed by atoms with Crippen LogP contribution in [0, 0.1) is 6.92 Å². The SMILES string of the molecule is Cc1nn(Cc2ccccc2Cl)c2sc(C(=O)N3CCNCC3)cc12.Cl. The number of fused-ring (bicyclic) bond motifs is 1. The second-order valence-electron chi connectivity index (χ2n) is 6.21. The van der Waals surface area contributed by atoms with Crippen LogP contribution in [0.2, 0.25) is 5.02 Å². The monoisotopic (exact) mass is 410 g/mol. The van der Waals surface area contributed by atoms with E-state index in [4.69, 9.17) is 11.6 Å². The molecule has 1 N–H and O–H groups in total. The fraction of sp³-hybridized carbons (Fsp3) is 0.333. The average molecular weight is 411 g/mol. The minimum Gasteiger partial charge on any atom is -0.335 e. The Balaban J connectivity index is 0.00000196. The van der Waals surface area contributed by atoms with Gasteiger partial charge in [-0.05, 0) is 24.6 Å². The number of carbonyl (C=O) groups excluding carboxylic acids is 1. The molecular formula is C18H20Cl2N4OS. The molecule has 1 amide bonds. The molecule has 0 bridgehead atoms. The van der Waals surface area contributed by atoms with Crippen molar-refractivity contribution in [2.45, 2.75) is 13.5 Å². The van der Waals surface area contributed by atoms with Gasteiger partial charge in [0.15, 0.2) is 0 Å². The predicted octanol–water partition coefficient (Wildman–Crippen LogP) is 3.58. The van der Waals surface area contributed by atoms with Crippen LogP contribution in [0.5, 0.6) is 0 Å². The minimum absolute atomic E-state index is 0. The van der Waals surface area contributed by atoms with Crippen LogP contribution in [-0.2, 0) is 6.54 Å². The first kappa shape index (κ1) is 19.2. The van der Waals surface area contributed by atoms with Crippen LogP contribution < -0.4 is 5.32 Å². The summed E-state index contributed by atoms with van der Waals surface area (Å²) < 4.78 is 1.95. The van der Waals surface area contributed by atoms with Gasteiger partial charge in [-0.2, -0.15) is 5.10 Å². The molecule has 1 aliphatic rings. The van der Waals surface area contributed by atoms with Gasteiger partial charge in [0.1, 0.15) is 4.83 Å². The van der Waals surface area contributed by atoms with Crippen molar-refractivity contribution >= 4 is 51.5 Å². The lowest BCUT2D eigenvalue weighted by molar-refractivity contribution is 0.0741. The number of rotatable bonds is 3. The van der Waals surface area contributed by atoms with Crippen molar-refractivity contribution in [1.29, 1.82) is 0 Å². The predicted molar refractivity (Wildman–Crippen MR) is 109 cm³/mol. The number of aryl methyl sites for hydroxylation is 1. The Hall–Kier alpha value is -1.60. The fourth-order valence-corrected chi connectivity index (χ4v) is 4.46. The molecule has 0 radical (unpaired) electrons. The van der Waals surface area contributed by atoms with Gasteiger partial charge < -0.3 is 10.2 Å². The van der Waals surface area contributed by atoms with Gasteiger partial charge in [-0.3, -0.25) is 9.48 Å². The lowest BCUT2D eigenvalue weighted by Gasteiger charge is -2.26. The summed E-state index contributed by atoms with van der Waals surface area (Å²) in [5.74, 6) is 0.117. The van der Waals surface area contributed by atoms with Crippen LogP contribution in [0.15, 0.2) is 30.3 Å². The molecule has 1 aromatic carbocycles. The van der Waals surface area contributed by atoms with Gasteiger partial charge in [0.25, 0.3) is 5.91 Å². The molecule has 0 unspecified atom stereocenters. The van der Waals surface area contributed by atoms with Gasteiger partial charge in [0.2, 0.25) is 0 Å². The zero-order chi connectivity index (χ0) is 17.4. The van der Waals surface area contributed by atoms with Gasteiger partial charge in [-0.25, -0.2) is 0 Å². The standard InChI is InChI=1S/C18H19ClN4OS.ClH/c1-12-14-10-16(17(24)22-8-6-20-7-9-22)25-18(14)23(21-12)11-13-4-2-3-5-15(13)19;/h2-5,10,20H,6-9,11H2,1H3;1H. The van der Waals surface area contributed by atoms with E-state index in [2.05, 4.69) is 10.4 Å². The van der Waals surface area contributed by atoms with Crippen LogP contribution in [-0.4, -0.2) is 46.8 Å². The third-order valence-electron chi connectivity index (χ3n) is 4.50. The van der Waals surface area contributed by atoms with Crippen molar-refractivity contribution in [2.24, 2.45) is 0 Å². The molecule has 0 aliphatic carbocycles. The van der Waals surface area contributed by atoms with Gasteiger partial charge in [0, 0.05) is 36.6 Å². The Bertz CT molecular complexity index is 931. The minimum atomic E-state index is 0. The molecule has 4 rings (SSSR count). The molecule has 0 saturated carbocycles. The first-order chi connectivity index (χ1) is 12.1. The largest absolute Gasteiger partial charge is 0.335 e. The number of benzene rings is 1. The van der Waals surface area contributed by atoms with E-state index in [1.165, 1.54) is 11.3 Å². The van der Waals surface area contributed by atoms with Crippen LogP contribution in [0.4, 0.5) is 0 Å². The summed E-state index contributed by atoms with van der Waals surface area (Å²) in [4.78, 5) is 16.5. The van der Waals surface area contributed by atoms with E-state index in [1.54, 1.807) is 0 Å². The van der Waals surface area contributed by atoms with Crippen molar-refractivity contribution in [2.75, 3.05) is 26.2 Å². The number of piperazine rings is 1. The van der Waals surface area contributed by atoms with Crippen LogP contribution >= 0.6 is 35.3 Å². The van der Waals surface area contributed by atoms with Crippen LogP contribution in [0.3, 0.4) is 0 Å². The number of hydrogen-bond acceptors (Lipinski definition) is 4. The first-order valence-electron chi connectivity index (χ1n) is 8.34.